The summed E-state index contributed by atoms with van der Waals surface area (Å²) in [4.78, 5) is 11.8. The van der Waals surface area contributed by atoms with Crippen molar-refractivity contribution in [2.24, 2.45) is 0 Å². The predicted molar refractivity (Wildman–Crippen MR) is 85.0 cm³/mol. The maximum atomic E-state index is 11.8. The lowest BCUT2D eigenvalue weighted by Gasteiger charge is -2.12. The molecule has 0 bridgehead atoms. The molecule has 0 radical (unpaired) electrons. The molecule has 1 saturated heterocycles. The van der Waals surface area contributed by atoms with Crippen molar-refractivity contribution in [1.29, 1.82) is 0 Å². The molecule has 2 rings (SSSR count). The summed E-state index contributed by atoms with van der Waals surface area (Å²) in [6.07, 6.45) is 2.99. The molecule has 0 aliphatic carbocycles. The summed E-state index contributed by atoms with van der Waals surface area (Å²) in [5.74, 6) is -0.0102. The SMILES string of the molecule is CS(=O)(=O)Nc1cccc(CNC(=O)C2CCCN2)c1.Cl. The maximum absolute atomic E-state index is 11.8. The fourth-order valence-corrected chi connectivity index (χ4v) is 2.73. The Morgan fingerprint density at radius 2 is 2.19 bits per heavy atom. The van der Waals surface area contributed by atoms with E-state index in [1.807, 2.05) is 6.07 Å². The molecule has 1 aromatic rings. The molecular formula is C13H20ClN3O3S. The number of carbonyl (C=O) groups is 1. The molecule has 1 heterocycles. The van der Waals surface area contributed by atoms with Crippen LogP contribution in [-0.4, -0.2) is 33.2 Å². The summed E-state index contributed by atoms with van der Waals surface area (Å²) in [6.45, 7) is 1.27. The molecule has 118 valence electrons. The van der Waals surface area contributed by atoms with Gasteiger partial charge in [-0.25, -0.2) is 8.42 Å². The zero-order valence-corrected chi connectivity index (χ0v) is 13.4. The van der Waals surface area contributed by atoms with Crippen LogP contribution in [0.5, 0.6) is 0 Å². The third-order valence-corrected chi connectivity index (χ3v) is 3.68. The average molecular weight is 334 g/mol. The van der Waals surface area contributed by atoms with Gasteiger partial charge in [0.1, 0.15) is 0 Å². The number of hydrogen-bond acceptors (Lipinski definition) is 4. The minimum atomic E-state index is -3.29. The maximum Gasteiger partial charge on any atom is 0.237 e. The van der Waals surface area contributed by atoms with E-state index in [9.17, 15) is 13.2 Å². The molecule has 6 nitrogen and oxygen atoms in total. The fraction of sp³-hybridized carbons (Fsp3) is 0.462. The van der Waals surface area contributed by atoms with Crippen LogP contribution in [-0.2, 0) is 21.4 Å². The van der Waals surface area contributed by atoms with Crippen LogP contribution >= 0.6 is 12.4 Å². The fourth-order valence-electron chi connectivity index (χ4n) is 2.18. The third-order valence-electron chi connectivity index (χ3n) is 3.07. The van der Waals surface area contributed by atoms with Crippen LogP contribution in [0.25, 0.3) is 0 Å². The Morgan fingerprint density at radius 3 is 2.81 bits per heavy atom. The summed E-state index contributed by atoms with van der Waals surface area (Å²) in [5.41, 5.74) is 1.35. The van der Waals surface area contributed by atoms with Crippen molar-refractivity contribution in [3.8, 4) is 0 Å². The first-order chi connectivity index (χ1) is 9.44. The molecule has 1 amide bonds. The minimum absolute atomic E-state index is 0. The predicted octanol–water partition coefficient (Wildman–Crippen LogP) is 0.848. The molecule has 1 atom stereocenters. The monoisotopic (exact) mass is 333 g/mol. The third kappa shape index (κ3) is 5.91. The van der Waals surface area contributed by atoms with Crippen molar-refractivity contribution in [2.45, 2.75) is 25.4 Å². The second kappa shape index (κ2) is 7.63. The van der Waals surface area contributed by atoms with Crippen molar-refractivity contribution in [2.75, 3.05) is 17.5 Å². The van der Waals surface area contributed by atoms with Gasteiger partial charge in [0.2, 0.25) is 15.9 Å². The van der Waals surface area contributed by atoms with Crippen LogP contribution in [0, 0.1) is 0 Å². The Bertz CT molecular complexity index is 586. The van der Waals surface area contributed by atoms with E-state index in [-0.39, 0.29) is 24.4 Å². The van der Waals surface area contributed by atoms with Crippen LogP contribution in [0.2, 0.25) is 0 Å². The molecule has 3 N–H and O–H groups in total. The highest BCUT2D eigenvalue weighted by atomic mass is 35.5. The summed E-state index contributed by atoms with van der Waals surface area (Å²) < 4.78 is 24.7. The molecule has 0 aromatic heterocycles. The molecule has 1 unspecified atom stereocenters. The first-order valence-corrected chi connectivity index (χ1v) is 8.41. The Balaban J connectivity index is 0.00000220. The van der Waals surface area contributed by atoms with Gasteiger partial charge in [-0.1, -0.05) is 12.1 Å². The zero-order valence-electron chi connectivity index (χ0n) is 11.8. The highest BCUT2D eigenvalue weighted by molar-refractivity contribution is 7.92. The number of anilines is 1. The number of hydrogen-bond donors (Lipinski definition) is 3. The van der Waals surface area contributed by atoms with Gasteiger partial charge in [0.25, 0.3) is 0 Å². The van der Waals surface area contributed by atoms with E-state index < -0.39 is 10.0 Å². The first kappa shape index (κ1) is 17.7. The van der Waals surface area contributed by atoms with Gasteiger partial charge in [-0.2, -0.15) is 0 Å². The van der Waals surface area contributed by atoms with E-state index in [1.54, 1.807) is 18.2 Å². The van der Waals surface area contributed by atoms with Gasteiger partial charge in [-0.15, -0.1) is 12.4 Å². The normalized spacial score (nSPS) is 17.9. The molecule has 1 aliphatic heterocycles. The largest absolute Gasteiger partial charge is 0.351 e. The number of rotatable bonds is 5. The number of halogens is 1. The number of benzene rings is 1. The van der Waals surface area contributed by atoms with Crippen LogP contribution in [0.4, 0.5) is 5.69 Å². The van der Waals surface area contributed by atoms with Gasteiger partial charge in [0.05, 0.1) is 12.3 Å². The van der Waals surface area contributed by atoms with Gasteiger partial charge in [0, 0.05) is 12.2 Å². The molecular weight excluding hydrogens is 314 g/mol. The quantitative estimate of drug-likeness (QED) is 0.745. The van der Waals surface area contributed by atoms with Crippen LogP contribution in [0.3, 0.4) is 0 Å². The Labute approximate surface area is 131 Å². The van der Waals surface area contributed by atoms with Gasteiger partial charge in [-0.05, 0) is 37.1 Å². The smallest absolute Gasteiger partial charge is 0.237 e. The Morgan fingerprint density at radius 1 is 1.43 bits per heavy atom. The lowest BCUT2D eigenvalue weighted by Crippen LogP contribution is -2.39. The van der Waals surface area contributed by atoms with Gasteiger partial charge in [0.15, 0.2) is 0 Å². The standard InChI is InChI=1S/C13H19N3O3S.ClH/c1-20(18,19)16-11-5-2-4-10(8-11)9-15-13(17)12-6-3-7-14-12;/h2,4-5,8,12,14,16H,3,6-7,9H2,1H3,(H,15,17);1H. The Kier molecular flexibility index (Phi) is 6.44. The molecule has 1 aliphatic rings. The van der Waals surface area contributed by atoms with Crippen LogP contribution < -0.4 is 15.4 Å². The van der Waals surface area contributed by atoms with E-state index in [4.69, 9.17) is 0 Å². The van der Waals surface area contributed by atoms with Gasteiger partial charge < -0.3 is 10.6 Å². The molecule has 8 heteroatoms. The number of sulfonamides is 1. The Hall–Kier alpha value is -1.31. The van der Waals surface area contributed by atoms with Gasteiger partial charge in [-0.3, -0.25) is 9.52 Å². The van der Waals surface area contributed by atoms with Crippen molar-refractivity contribution in [1.82, 2.24) is 10.6 Å². The summed E-state index contributed by atoms with van der Waals surface area (Å²) in [6, 6.07) is 6.87. The topological polar surface area (TPSA) is 87.3 Å². The summed E-state index contributed by atoms with van der Waals surface area (Å²) >= 11 is 0. The van der Waals surface area contributed by atoms with E-state index in [1.165, 1.54) is 0 Å². The van der Waals surface area contributed by atoms with Gasteiger partial charge >= 0.3 is 0 Å². The lowest BCUT2D eigenvalue weighted by molar-refractivity contribution is -0.122. The molecule has 0 saturated carbocycles. The molecule has 21 heavy (non-hydrogen) atoms. The summed E-state index contributed by atoms with van der Waals surface area (Å²) in [7, 11) is -3.29. The molecule has 0 spiro atoms. The highest BCUT2D eigenvalue weighted by Gasteiger charge is 2.21. The second-order valence-corrected chi connectivity index (χ2v) is 6.69. The van der Waals surface area contributed by atoms with Crippen molar-refractivity contribution < 1.29 is 13.2 Å². The highest BCUT2D eigenvalue weighted by Crippen LogP contribution is 2.12. The number of amides is 1. The van der Waals surface area contributed by atoms with Crippen LogP contribution in [0.1, 0.15) is 18.4 Å². The van der Waals surface area contributed by atoms with Crippen molar-refractivity contribution >= 4 is 34.0 Å². The van der Waals surface area contributed by atoms with Crippen molar-refractivity contribution in [3.05, 3.63) is 29.8 Å². The van der Waals surface area contributed by atoms with E-state index in [2.05, 4.69) is 15.4 Å². The first-order valence-electron chi connectivity index (χ1n) is 6.52. The zero-order chi connectivity index (χ0) is 14.6. The number of carbonyl (C=O) groups excluding carboxylic acids is 1. The van der Waals surface area contributed by atoms with E-state index in [0.29, 0.717) is 12.2 Å². The van der Waals surface area contributed by atoms with E-state index >= 15 is 0 Å². The lowest BCUT2D eigenvalue weighted by atomic mass is 10.2. The van der Waals surface area contributed by atoms with Crippen LogP contribution in [0.15, 0.2) is 24.3 Å². The second-order valence-electron chi connectivity index (χ2n) is 4.94. The minimum Gasteiger partial charge on any atom is -0.351 e. The number of nitrogens with one attached hydrogen (secondary N) is 3. The average Bonchev–Trinajstić information content (AvgIpc) is 2.88. The molecule has 1 aromatic carbocycles. The van der Waals surface area contributed by atoms with E-state index in [0.717, 1.165) is 31.2 Å². The molecule has 1 fully saturated rings. The summed E-state index contributed by atoms with van der Waals surface area (Å²) in [5, 5.41) is 5.98. The van der Waals surface area contributed by atoms with Crippen molar-refractivity contribution in [3.63, 3.8) is 0 Å².